The lowest BCUT2D eigenvalue weighted by molar-refractivity contribution is -0.129. The van der Waals surface area contributed by atoms with Crippen molar-refractivity contribution in [3.8, 4) is 0 Å². The summed E-state index contributed by atoms with van der Waals surface area (Å²) in [5.74, 6) is 0.238. The second kappa shape index (κ2) is 14.4. The van der Waals surface area contributed by atoms with Crippen LogP contribution in [0.4, 0.5) is 0 Å². The van der Waals surface area contributed by atoms with E-state index in [1.165, 1.54) is 11.1 Å². The van der Waals surface area contributed by atoms with Gasteiger partial charge in [-0.15, -0.1) is 0 Å². The average Bonchev–Trinajstić information content (AvgIpc) is 3.05. The van der Waals surface area contributed by atoms with E-state index in [0.29, 0.717) is 31.0 Å². The lowest BCUT2D eigenvalue weighted by atomic mass is 9.72. The first-order chi connectivity index (χ1) is 20.8. The average molecular weight is 602 g/mol. The van der Waals surface area contributed by atoms with E-state index in [0.717, 1.165) is 57.3 Å². The van der Waals surface area contributed by atoms with Gasteiger partial charge in [0.25, 0.3) is 0 Å². The van der Waals surface area contributed by atoms with Crippen LogP contribution in [0.15, 0.2) is 84.9 Å². The van der Waals surface area contributed by atoms with E-state index in [4.69, 9.17) is 11.6 Å². The standard InChI is InChI=1S/C37H48ClN3O2/c1-3-24-40-25-19-29(20-26-40)35(42)39-34(41-27-22-37(43,23-28-41)32-14-16-33(38)17-15-32)18-21-36(2,30-10-6-4-7-11-30)31-12-8-5-9-13-31/h4-17,29,34,43H,3,18-28H2,1-2H3,(H,39,42). The highest BCUT2D eigenvalue weighted by molar-refractivity contribution is 6.30. The molecule has 230 valence electrons. The minimum Gasteiger partial charge on any atom is -0.385 e. The van der Waals surface area contributed by atoms with Crippen LogP contribution in [0.3, 0.4) is 0 Å². The molecule has 5 rings (SSSR count). The zero-order valence-corrected chi connectivity index (χ0v) is 26.6. The van der Waals surface area contributed by atoms with Crippen molar-refractivity contribution in [1.82, 2.24) is 15.1 Å². The second-order valence-electron chi connectivity index (χ2n) is 12.8. The molecule has 5 nitrogen and oxygen atoms in total. The van der Waals surface area contributed by atoms with Crippen LogP contribution in [0.2, 0.25) is 5.02 Å². The van der Waals surface area contributed by atoms with E-state index >= 15 is 0 Å². The van der Waals surface area contributed by atoms with Gasteiger partial charge in [0.2, 0.25) is 5.91 Å². The Morgan fingerprint density at radius 1 is 0.930 bits per heavy atom. The molecule has 1 atom stereocenters. The van der Waals surface area contributed by atoms with Gasteiger partial charge in [0, 0.05) is 29.4 Å². The molecule has 1 amide bonds. The van der Waals surface area contributed by atoms with Gasteiger partial charge < -0.3 is 15.3 Å². The van der Waals surface area contributed by atoms with Gasteiger partial charge >= 0.3 is 0 Å². The van der Waals surface area contributed by atoms with Gasteiger partial charge in [0.1, 0.15) is 0 Å². The van der Waals surface area contributed by atoms with Crippen molar-refractivity contribution in [2.24, 2.45) is 5.92 Å². The molecule has 1 unspecified atom stereocenters. The quantitative estimate of drug-likeness (QED) is 0.249. The summed E-state index contributed by atoms with van der Waals surface area (Å²) in [4.78, 5) is 18.6. The summed E-state index contributed by atoms with van der Waals surface area (Å²) in [7, 11) is 0. The maximum absolute atomic E-state index is 13.7. The Kier molecular flexibility index (Phi) is 10.6. The minimum absolute atomic E-state index is 0.0565. The first-order valence-electron chi connectivity index (χ1n) is 16.2. The second-order valence-corrected chi connectivity index (χ2v) is 13.3. The van der Waals surface area contributed by atoms with Crippen LogP contribution in [0.5, 0.6) is 0 Å². The number of piperidine rings is 2. The number of carbonyl (C=O) groups is 1. The number of rotatable bonds is 11. The third kappa shape index (κ3) is 7.69. The van der Waals surface area contributed by atoms with E-state index in [1.54, 1.807) is 0 Å². The molecule has 2 fully saturated rings. The molecule has 2 N–H and O–H groups in total. The summed E-state index contributed by atoms with van der Waals surface area (Å²) in [5, 5.41) is 15.8. The molecule has 0 saturated carbocycles. The molecule has 2 heterocycles. The van der Waals surface area contributed by atoms with Crippen LogP contribution in [0.25, 0.3) is 0 Å². The van der Waals surface area contributed by atoms with Gasteiger partial charge in [0.05, 0.1) is 11.8 Å². The van der Waals surface area contributed by atoms with Crippen molar-refractivity contribution < 1.29 is 9.90 Å². The number of nitrogens with one attached hydrogen (secondary N) is 1. The Labute approximate surface area is 263 Å². The van der Waals surface area contributed by atoms with Gasteiger partial charge in [-0.3, -0.25) is 9.69 Å². The van der Waals surface area contributed by atoms with Crippen molar-refractivity contribution in [2.45, 2.75) is 76.0 Å². The molecular formula is C37H48ClN3O2. The molecule has 0 aromatic heterocycles. The zero-order valence-electron chi connectivity index (χ0n) is 25.9. The van der Waals surface area contributed by atoms with E-state index < -0.39 is 5.60 Å². The van der Waals surface area contributed by atoms with E-state index in [2.05, 4.69) is 89.6 Å². The zero-order chi connectivity index (χ0) is 30.3. The monoisotopic (exact) mass is 601 g/mol. The number of aliphatic hydroxyl groups is 1. The SMILES string of the molecule is CCCN1CCC(C(=O)NC(CCC(C)(c2ccccc2)c2ccccc2)N2CCC(O)(c3ccc(Cl)cc3)CC2)CC1. The van der Waals surface area contributed by atoms with Crippen LogP contribution in [-0.4, -0.2) is 59.7 Å². The largest absolute Gasteiger partial charge is 0.385 e. The molecule has 0 bridgehead atoms. The molecule has 0 radical (unpaired) electrons. The van der Waals surface area contributed by atoms with Crippen LogP contribution in [-0.2, 0) is 15.8 Å². The summed E-state index contributed by atoms with van der Waals surface area (Å²) in [5.41, 5.74) is 2.40. The predicted molar refractivity (Wildman–Crippen MR) is 176 cm³/mol. The van der Waals surface area contributed by atoms with Gasteiger partial charge in [-0.25, -0.2) is 0 Å². The Bertz CT molecular complexity index is 1240. The number of amides is 1. The molecule has 0 aliphatic carbocycles. The van der Waals surface area contributed by atoms with Crippen molar-refractivity contribution in [3.05, 3.63) is 107 Å². The molecule has 3 aromatic rings. The summed E-state index contributed by atoms with van der Waals surface area (Å²) in [6.45, 7) is 9.07. The molecule has 2 aliphatic heterocycles. The maximum atomic E-state index is 13.7. The summed E-state index contributed by atoms with van der Waals surface area (Å²) < 4.78 is 0. The fourth-order valence-electron chi connectivity index (χ4n) is 7.11. The molecule has 2 aliphatic rings. The van der Waals surface area contributed by atoms with Crippen LogP contribution >= 0.6 is 11.6 Å². The topological polar surface area (TPSA) is 55.8 Å². The lowest BCUT2D eigenvalue weighted by Crippen LogP contribution is -2.55. The highest BCUT2D eigenvalue weighted by atomic mass is 35.5. The fraction of sp³-hybridized carbons (Fsp3) is 0.486. The van der Waals surface area contributed by atoms with Crippen molar-refractivity contribution in [3.63, 3.8) is 0 Å². The Morgan fingerprint density at radius 2 is 1.49 bits per heavy atom. The number of hydrogen-bond acceptors (Lipinski definition) is 4. The first kappa shape index (κ1) is 31.7. The summed E-state index contributed by atoms with van der Waals surface area (Å²) in [6.07, 6.45) is 5.83. The van der Waals surface area contributed by atoms with Crippen LogP contribution < -0.4 is 5.32 Å². The normalized spacial score (nSPS) is 19.2. The molecule has 43 heavy (non-hydrogen) atoms. The van der Waals surface area contributed by atoms with E-state index in [1.807, 2.05) is 24.3 Å². The van der Waals surface area contributed by atoms with Crippen molar-refractivity contribution in [2.75, 3.05) is 32.7 Å². The summed E-state index contributed by atoms with van der Waals surface area (Å²) >= 11 is 6.12. The summed E-state index contributed by atoms with van der Waals surface area (Å²) in [6, 6.07) is 29.1. The minimum atomic E-state index is -0.885. The number of hydrogen-bond donors (Lipinski definition) is 2. The van der Waals surface area contributed by atoms with Gasteiger partial charge in [-0.1, -0.05) is 98.2 Å². The third-order valence-corrected chi connectivity index (χ3v) is 10.2. The van der Waals surface area contributed by atoms with Crippen LogP contribution in [0, 0.1) is 5.92 Å². The van der Waals surface area contributed by atoms with E-state index in [9.17, 15) is 9.90 Å². The fourth-order valence-corrected chi connectivity index (χ4v) is 7.24. The lowest BCUT2D eigenvalue weighted by Gasteiger charge is -2.43. The van der Waals surface area contributed by atoms with Crippen molar-refractivity contribution in [1.29, 1.82) is 0 Å². The first-order valence-corrected chi connectivity index (χ1v) is 16.5. The number of halogens is 1. The van der Waals surface area contributed by atoms with Gasteiger partial charge in [-0.05, 0) is 93.4 Å². The molecule has 3 aromatic carbocycles. The number of carbonyl (C=O) groups excluding carboxylic acids is 1. The maximum Gasteiger partial charge on any atom is 0.224 e. The smallest absolute Gasteiger partial charge is 0.224 e. The van der Waals surface area contributed by atoms with E-state index in [-0.39, 0.29) is 23.4 Å². The predicted octanol–water partition coefficient (Wildman–Crippen LogP) is 6.97. The number of likely N-dealkylation sites (tertiary alicyclic amines) is 2. The molecule has 2 saturated heterocycles. The van der Waals surface area contributed by atoms with Crippen LogP contribution in [0.1, 0.15) is 75.5 Å². The molecule has 0 spiro atoms. The Morgan fingerprint density at radius 3 is 2.02 bits per heavy atom. The Balaban J connectivity index is 1.34. The molecular weight excluding hydrogens is 554 g/mol. The highest BCUT2D eigenvalue weighted by Gasteiger charge is 2.38. The highest BCUT2D eigenvalue weighted by Crippen LogP contribution is 2.38. The number of nitrogens with zero attached hydrogens (tertiary/aromatic N) is 2. The third-order valence-electron chi connectivity index (χ3n) is 9.99. The Hall–Kier alpha value is -2.70. The molecule has 6 heteroatoms. The number of benzene rings is 3. The van der Waals surface area contributed by atoms with Gasteiger partial charge in [0.15, 0.2) is 0 Å². The van der Waals surface area contributed by atoms with Crippen molar-refractivity contribution >= 4 is 17.5 Å². The van der Waals surface area contributed by atoms with Gasteiger partial charge in [-0.2, -0.15) is 0 Å².